The number of hydrogen-bond acceptors (Lipinski definition) is 5. The number of piperidine rings is 1. The average Bonchev–Trinajstić information content (AvgIpc) is 3.36. The van der Waals surface area contributed by atoms with E-state index in [9.17, 15) is 4.79 Å². The van der Waals surface area contributed by atoms with Gasteiger partial charge in [-0.3, -0.25) is 4.79 Å². The maximum Gasteiger partial charge on any atom is 0.255 e. The summed E-state index contributed by atoms with van der Waals surface area (Å²) < 4.78 is 0. The molecule has 0 radical (unpaired) electrons. The first kappa shape index (κ1) is 22.1. The van der Waals surface area contributed by atoms with Crippen molar-refractivity contribution in [2.24, 2.45) is 5.92 Å². The fourth-order valence-electron chi connectivity index (χ4n) is 4.24. The van der Waals surface area contributed by atoms with E-state index in [0.29, 0.717) is 22.9 Å². The lowest BCUT2D eigenvalue weighted by Crippen LogP contribution is -2.36. The fraction of sp³-hybridized carbons (Fsp3) is 0.308. The predicted molar refractivity (Wildman–Crippen MR) is 136 cm³/mol. The number of thiophene rings is 1. The Balaban J connectivity index is 1.39. The molecular weight excluding hydrogens is 416 g/mol. The maximum absolute atomic E-state index is 12.8. The second kappa shape index (κ2) is 10.0. The number of nitrogen functional groups attached to an aromatic ring is 1. The zero-order chi connectivity index (χ0) is 22.5. The summed E-state index contributed by atoms with van der Waals surface area (Å²) in [4.78, 5) is 16.3. The Hall–Kier alpha value is -3.12. The minimum Gasteiger partial charge on any atom is -0.397 e. The average molecular weight is 447 g/mol. The van der Waals surface area contributed by atoms with Crippen LogP contribution in [-0.2, 0) is 0 Å². The molecule has 2 aromatic carbocycles. The molecule has 1 aromatic heterocycles. The largest absolute Gasteiger partial charge is 0.397 e. The van der Waals surface area contributed by atoms with E-state index in [1.807, 2.05) is 53.9 Å². The van der Waals surface area contributed by atoms with Crippen molar-refractivity contribution in [2.45, 2.75) is 32.6 Å². The monoisotopic (exact) mass is 446 g/mol. The van der Waals surface area contributed by atoms with Crippen LogP contribution in [0, 0.1) is 11.3 Å². The van der Waals surface area contributed by atoms with Crippen LogP contribution in [0.2, 0.25) is 0 Å². The molecule has 0 unspecified atom stereocenters. The number of rotatable bonds is 7. The van der Waals surface area contributed by atoms with Crippen molar-refractivity contribution in [3.63, 3.8) is 0 Å². The Kier molecular flexibility index (Phi) is 6.90. The number of amides is 1. The van der Waals surface area contributed by atoms with Crippen molar-refractivity contribution in [3.8, 4) is 10.4 Å². The zero-order valence-corrected chi connectivity index (χ0v) is 19.3. The number of nitrogens with one attached hydrogen (secondary N) is 2. The van der Waals surface area contributed by atoms with Crippen molar-refractivity contribution in [1.82, 2.24) is 0 Å². The van der Waals surface area contributed by atoms with Crippen LogP contribution in [0.15, 0.2) is 60.0 Å². The Morgan fingerprint density at radius 1 is 1.16 bits per heavy atom. The molecule has 2 heterocycles. The summed E-state index contributed by atoms with van der Waals surface area (Å²) >= 11 is 1.65. The van der Waals surface area contributed by atoms with E-state index in [4.69, 9.17) is 11.1 Å². The van der Waals surface area contributed by atoms with Crippen LogP contribution in [0.5, 0.6) is 0 Å². The van der Waals surface area contributed by atoms with Gasteiger partial charge in [0.15, 0.2) is 0 Å². The van der Waals surface area contributed by atoms with Crippen molar-refractivity contribution in [3.05, 3.63) is 65.5 Å². The summed E-state index contributed by atoms with van der Waals surface area (Å²) in [6.45, 7) is 4.04. The number of hydrogen-bond donors (Lipinski definition) is 3. The van der Waals surface area contributed by atoms with E-state index < -0.39 is 0 Å². The highest BCUT2D eigenvalue weighted by molar-refractivity contribution is 7.13. The van der Waals surface area contributed by atoms with Gasteiger partial charge in [0.1, 0.15) is 0 Å². The van der Waals surface area contributed by atoms with Gasteiger partial charge in [-0.05, 0) is 78.6 Å². The second-order valence-corrected chi connectivity index (χ2v) is 9.26. The third-order valence-electron chi connectivity index (χ3n) is 6.11. The SMILES string of the molecule is CCCC(=N)C1CCN(c2ccc(C(=O)Nc3cc(-c4cccs4)ccc3N)cc2)CC1. The maximum atomic E-state index is 12.8. The lowest BCUT2D eigenvalue weighted by molar-refractivity contribution is 0.102. The van der Waals surface area contributed by atoms with Gasteiger partial charge in [-0.2, -0.15) is 0 Å². The third-order valence-corrected chi connectivity index (χ3v) is 7.03. The molecule has 0 atom stereocenters. The Morgan fingerprint density at radius 3 is 2.56 bits per heavy atom. The van der Waals surface area contributed by atoms with E-state index in [2.05, 4.69) is 23.2 Å². The summed E-state index contributed by atoms with van der Waals surface area (Å²) in [7, 11) is 0. The third kappa shape index (κ3) is 5.02. The van der Waals surface area contributed by atoms with E-state index in [1.165, 1.54) is 0 Å². The molecule has 0 saturated carbocycles. The van der Waals surface area contributed by atoms with Crippen molar-refractivity contribution in [2.75, 3.05) is 29.0 Å². The topological polar surface area (TPSA) is 82.2 Å². The molecule has 4 N–H and O–H groups in total. The van der Waals surface area contributed by atoms with Crippen molar-refractivity contribution < 1.29 is 4.79 Å². The highest BCUT2D eigenvalue weighted by Gasteiger charge is 2.22. The highest BCUT2D eigenvalue weighted by Crippen LogP contribution is 2.31. The molecule has 1 aliphatic heterocycles. The minimum atomic E-state index is -0.168. The van der Waals surface area contributed by atoms with E-state index in [-0.39, 0.29) is 5.91 Å². The molecule has 1 fully saturated rings. The Labute approximate surface area is 193 Å². The smallest absolute Gasteiger partial charge is 0.255 e. The number of nitrogens with two attached hydrogens (primary N) is 1. The molecule has 3 aromatic rings. The van der Waals surface area contributed by atoms with Gasteiger partial charge in [0, 0.05) is 34.9 Å². The first-order valence-electron chi connectivity index (χ1n) is 11.2. The van der Waals surface area contributed by atoms with Crippen LogP contribution in [0.25, 0.3) is 10.4 Å². The summed E-state index contributed by atoms with van der Waals surface area (Å²) in [5.41, 5.74) is 11.0. The quantitative estimate of drug-likeness (QED) is 0.295. The molecule has 1 amide bonds. The van der Waals surface area contributed by atoms with Gasteiger partial charge in [0.25, 0.3) is 5.91 Å². The number of nitrogens with zero attached hydrogens (tertiary/aromatic N) is 1. The zero-order valence-electron chi connectivity index (χ0n) is 18.4. The first-order chi connectivity index (χ1) is 15.5. The molecule has 0 bridgehead atoms. The standard InChI is InChI=1S/C26H30N4OS/c1-2-4-22(27)18-12-14-30(15-13-18)21-9-6-19(7-10-21)26(31)29-24-17-20(8-11-23(24)28)25-5-3-16-32-25/h3,5-11,16-18,27H,2,4,12-15,28H2,1H3,(H,29,31). The van der Waals surface area contributed by atoms with Gasteiger partial charge < -0.3 is 21.4 Å². The normalized spacial score (nSPS) is 14.3. The summed E-state index contributed by atoms with van der Waals surface area (Å²) in [5, 5.41) is 13.2. The lowest BCUT2D eigenvalue weighted by atomic mass is 9.89. The van der Waals surface area contributed by atoms with E-state index >= 15 is 0 Å². The Bertz CT molecular complexity index is 1070. The lowest BCUT2D eigenvalue weighted by Gasteiger charge is -2.34. The molecular formula is C26H30N4OS. The number of anilines is 3. The summed E-state index contributed by atoms with van der Waals surface area (Å²) in [5.74, 6) is 0.255. The predicted octanol–water partition coefficient (Wildman–Crippen LogP) is 6.29. The van der Waals surface area contributed by atoms with Gasteiger partial charge >= 0.3 is 0 Å². The molecule has 166 valence electrons. The molecule has 5 nitrogen and oxygen atoms in total. The van der Waals surface area contributed by atoms with Crippen molar-refractivity contribution >= 4 is 40.0 Å². The number of carbonyl (C=O) groups excluding carboxylic acids is 1. The highest BCUT2D eigenvalue weighted by atomic mass is 32.1. The van der Waals surface area contributed by atoms with E-state index in [1.54, 1.807) is 11.3 Å². The molecule has 0 aliphatic carbocycles. The van der Waals surface area contributed by atoms with Crippen LogP contribution in [0.4, 0.5) is 17.1 Å². The van der Waals surface area contributed by atoms with Gasteiger partial charge in [0.2, 0.25) is 0 Å². The van der Waals surface area contributed by atoms with Crippen LogP contribution < -0.4 is 16.0 Å². The minimum absolute atomic E-state index is 0.168. The molecule has 4 rings (SSSR count). The van der Waals surface area contributed by atoms with Gasteiger partial charge in [-0.1, -0.05) is 25.5 Å². The molecule has 1 saturated heterocycles. The first-order valence-corrected chi connectivity index (χ1v) is 12.1. The van der Waals surface area contributed by atoms with Crippen LogP contribution in [0.3, 0.4) is 0 Å². The van der Waals surface area contributed by atoms with Crippen LogP contribution in [0.1, 0.15) is 43.0 Å². The second-order valence-electron chi connectivity index (χ2n) is 8.32. The van der Waals surface area contributed by atoms with E-state index in [0.717, 1.165) is 60.6 Å². The van der Waals surface area contributed by atoms with Crippen LogP contribution in [-0.4, -0.2) is 24.7 Å². The molecule has 32 heavy (non-hydrogen) atoms. The number of benzene rings is 2. The van der Waals surface area contributed by atoms with Crippen LogP contribution >= 0.6 is 11.3 Å². The Morgan fingerprint density at radius 2 is 1.91 bits per heavy atom. The van der Waals surface area contributed by atoms with Gasteiger partial charge in [-0.25, -0.2) is 0 Å². The number of carbonyl (C=O) groups is 1. The summed E-state index contributed by atoms with van der Waals surface area (Å²) in [6, 6.07) is 17.5. The molecule has 0 spiro atoms. The van der Waals surface area contributed by atoms with Crippen molar-refractivity contribution in [1.29, 1.82) is 5.41 Å². The molecule has 6 heteroatoms. The van der Waals surface area contributed by atoms with Gasteiger partial charge in [-0.15, -0.1) is 11.3 Å². The fourth-order valence-corrected chi connectivity index (χ4v) is 4.96. The molecule has 1 aliphatic rings. The van der Waals surface area contributed by atoms with Gasteiger partial charge in [0.05, 0.1) is 11.4 Å². The summed E-state index contributed by atoms with van der Waals surface area (Å²) in [6.07, 6.45) is 4.02.